The summed E-state index contributed by atoms with van der Waals surface area (Å²) in [7, 11) is 0. The zero-order valence-corrected chi connectivity index (χ0v) is 22.0. The van der Waals surface area contributed by atoms with Crippen molar-refractivity contribution in [2.45, 2.75) is 12.6 Å². The molecule has 8 nitrogen and oxygen atoms in total. The van der Waals surface area contributed by atoms with Crippen LogP contribution in [0.2, 0.25) is 10.0 Å². The lowest BCUT2D eigenvalue weighted by Gasteiger charge is -2.23. The molecule has 1 aliphatic heterocycles. The minimum atomic E-state index is -0.739. The lowest BCUT2D eigenvalue weighted by atomic mass is 10.2. The Morgan fingerprint density at radius 1 is 1.15 bits per heavy atom. The minimum Gasteiger partial charge on any atom is -0.491 e. The monoisotopic (exact) mass is 568 g/mol. The van der Waals surface area contributed by atoms with E-state index in [2.05, 4.69) is 15.6 Å². The molecule has 1 saturated heterocycles. The van der Waals surface area contributed by atoms with Crippen molar-refractivity contribution in [2.24, 2.45) is 0 Å². The van der Waals surface area contributed by atoms with E-state index in [-0.39, 0.29) is 45.3 Å². The molecule has 1 aliphatic rings. The second kappa shape index (κ2) is 11.9. The molecule has 5 rings (SSSR count). The third-order valence-electron chi connectivity index (χ3n) is 6.07. The number of carbonyl (C=O) groups excluding carboxylic acids is 1. The number of morpholine rings is 1. The largest absolute Gasteiger partial charge is 0.491 e. The number of fused-ring (bicyclic) bond motifs is 1. The number of nitrogens with one attached hydrogen (secondary N) is 3. The van der Waals surface area contributed by atoms with Gasteiger partial charge in [-0.15, -0.1) is 0 Å². The van der Waals surface area contributed by atoms with Gasteiger partial charge in [-0.2, -0.15) is 5.26 Å². The first kappa shape index (κ1) is 26.8. The summed E-state index contributed by atoms with van der Waals surface area (Å²) < 4.78 is 32.4. The van der Waals surface area contributed by atoms with E-state index in [9.17, 15) is 4.79 Å². The van der Waals surface area contributed by atoms with Crippen LogP contribution in [0.5, 0.6) is 17.2 Å². The fourth-order valence-corrected chi connectivity index (χ4v) is 4.53. The van der Waals surface area contributed by atoms with Gasteiger partial charge in [0.15, 0.2) is 11.6 Å². The number of nitriles is 1. The first-order valence-corrected chi connectivity index (χ1v) is 12.9. The van der Waals surface area contributed by atoms with E-state index < -0.39 is 11.7 Å². The van der Waals surface area contributed by atoms with Gasteiger partial charge in [0.1, 0.15) is 29.9 Å². The van der Waals surface area contributed by atoms with Crippen molar-refractivity contribution in [2.75, 3.05) is 26.3 Å². The predicted molar refractivity (Wildman–Crippen MR) is 145 cm³/mol. The number of aromatic amines is 1. The van der Waals surface area contributed by atoms with E-state index in [1.54, 1.807) is 6.07 Å². The van der Waals surface area contributed by atoms with Crippen LogP contribution in [-0.2, 0) is 11.3 Å². The number of ether oxygens (including phenoxy) is 3. The van der Waals surface area contributed by atoms with E-state index in [4.69, 9.17) is 42.7 Å². The number of H-pyrrole nitrogens is 1. The van der Waals surface area contributed by atoms with Crippen molar-refractivity contribution >= 4 is 40.0 Å². The molecule has 0 aliphatic carbocycles. The van der Waals surface area contributed by atoms with Crippen molar-refractivity contribution < 1.29 is 23.4 Å². The van der Waals surface area contributed by atoms with E-state index in [0.29, 0.717) is 24.7 Å². The van der Waals surface area contributed by atoms with Gasteiger partial charge in [-0.25, -0.2) is 4.39 Å². The topological polar surface area (TPSA) is 108 Å². The summed E-state index contributed by atoms with van der Waals surface area (Å²) in [6.07, 6.45) is -0.0123. The molecule has 4 aromatic rings. The van der Waals surface area contributed by atoms with Gasteiger partial charge in [-0.05, 0) is 48.5 Å². The Bertz CT molecular complexity index is 1560. The van der Waals surface area contributed by atoms with Gasteiger partial charge >= 0.3 is 0 Å². The van der Waals surface area contributed by atoms with Crippen LogP contribution in [0.25, 0.3) is 10.9 Å². The molecule has 1 amide bonds. The van der Waals surface area contributed by atoms with E-state index in [1.807, 2.05) is 24.3 Å². The minimum absolute atomic E-state index is 0.0123. The number of hydrogen-bond acceptors (Lipinski definition) is 6. The second-order valence-electron chi connectivity index (χ2n) is 8.86. The Hall–Kier alpha value is -3.81. The normalized spacial score (nSPS) is 15.1. The van der Waals surface area contributed by atoms with Crippen LogP contribution in [-0.4, -0.2) is 43.3 Å². The zero-order valence-electron chi connectivity index (χ0n) is 20.5. The molecular formula is C28H23Cl2FN4O4. The maximum Gasteiger partial charge on any atom is 0.267 e. The summed E-state index contributed by atoms with van der Waals surface area (Å²) >= 11 is 12.2. The van der Waals surface area contributed by atoms with Gasteiger partial charge in [0.25, 0.3) is 5.91 Å². The standard InChI is InChI=1S/C28H23Cl2FN4O4/c29-19-7-16(12-32)8-21(11-19)39-27-23(30)3-1-17(26(27)31)13-34-28(36)25-10-18-9-20(2-4-24(18)35-25)38-15-22-14-33-5-6-37-22/h1-4,7-11,22,33,35H,5-6,13-15H2,(H,34,36)/t22-/m1/s1. The maximum atomic E-state index is 15.3. The Morgan fingerprint density at radius 2 is 2.03 bits per heavy atom. The van der Waals surface area contributed by atoms with Gasteiger partial charge in [-0.3, -0.25) is 4.79 Å². The van der Waals surface area contributed by atoms with Crippen LogP contribution in [0.15, 0.2) is 54.6 Å². The zero-order chi connectivity index (χ0) is 27.4. The summed E-state index contributed by atoms with van der Waals surface area (Å²) in [6, 6.07) is 16.4. The quantitative estimate of drug-likeness (QED) is 0.256. The van der Waals surface area contributed by atoms with Crippen molar-refractivity contribution in [1.82, 2.24) is 15.6 Å². The number of rotatable bonds is 8. The number of aromatic nitrogens is 1. The molecule has 3 N–H and O–H groups in total. The van der Waals surface area contributed by atoms with Gasteiger partial charge in [0.05, 0.1) is 23.3 Å². The van der Waals surface area contributed by atoms with Crippen LogP contribution in [0.4, 0.5) is 4.39 Å². The lowest BCUT2D eigenvalue weighted by molar-refractivity contribution is 0.000223. The van der Waals surface area contributed by atoms with Crippen LogP contribution >= 0.6 is 23.2 Å². The highest BCUT2D eigenvalue weighted by atomic mass is 35.5. The number of amides is 1. The Morgan fingerprint density at radius 3 is 2.82 bits per heavy atom. The summed E-state index contributed by atoms with van der Waals surface area (Å²) in [6.45, 7) is 2.54. The highest BCUT2D eigenvalue weighted by Gasteiger charge is 2.18. The highest BCUT2D eigenvalue weighted by molar-refractivity contribution is 6.32. The Balaban J connectivity index is 1.25. The molecule has 0 radical (unpaired) electrons. The molecule has 0 unspecified atom stereocenters. The first-order chi connectivity index (χ1) is 18.9. The number of nitrogens with zero attached hydrogens (tertiary/aromatic N) is 1. The van der Waals surface area contributed by atoms with Gasteiger partial charge in [-0.1, -0.05) is 29.3 Å². The molecule has 1 atom stereocenters. The Kier molecular flexibility index (Phi) is 8.19. The molecule has 0 saturated carbocycles. The smallest absolute Gasteiger partial charge is 0.267 e. The Labute approximate surface area is 233 Å². The number of carbonyl (C=O) groups is 1. The molecule has 0 bridgehead atoms. The third kappa shape index (κ3) is 6.44. The molecule has 11 heteroatoms. The van der Waals surface area contributed by atoms with Crippen molar-refractivity contribution in [1.29, 1.82) is 5.26 Å². The summed E-state index contributed by atoms with van der Waals surface area (Å²) in [5.74, 6) is -0.565. The number of halogens is 3. The predicted octanol–water partition coefficient (Wildman–Crippen LogP) is 5.57. The molecular weight excluding hydrogens is 546 g/mol. The molecule has 2 heterocycles. The maximum absolute atomic E-state index is 15.3. The summed E-state index contributed by atoms with van der Waals surface area (Å²) in [5.41, 5.74) is 1.49. The molecule has 0 spiro atoms. The second-order valence-corrected chi connectivity index (χ2v) is 9.71. The fraction of sp³-hybridized carbons (Fsp3) is 0.214. The van der Waals surface area contributed by atoms with E-state index >= 15 is 4.39 Å². The molecule has 200 valence electrons. The van der Waals surface area contributed by atoms with Crippen LogP contribution in [0.3, 0.4) is 0 Å². The van der Waals surface area contributed by atoms with Gasteiger partial charge < -0.3 is 29.8 Å². The first-order valence-electron chi connectivity index (χ1n) is 12.1. The van der Waals surface area contributed by atoms with Gasteiger partial charge in [0.2, 0.25) is 0 Å². The van der Waals surface area contributed by atoms with Crippen molar-refractivity contribution in [3.05, 3.63) is 87.3 Å². The van der Waals surface area contributed by atoms with Crippen molar-refractivity contribution in [3.63, 3.8) is 0 Å². The average Bonchev–Trinajstić information content (AvgIpc) is 3.37. The summed E-state index contributed by atoms with van der Waals surface area (Å²) in [5, 5.41) is 16.2. The fourth-order valence-electron chi connectivity index (χ4n) is 4.12. The van der Waals surface area contributed by atoms with Crippen LogP contribution < -0.4 is 20.1 Å². The number of hydrogen-bond donors (Lipinski definition) is 3. The molecule has 1 aromatic heterocycles. The van der Waals surface area contributed by atoms with E-state index in [0.717, 1.165) is 24.0 Å². The lowest BCUT2D eigenvalue weighted by Crippen LogP contribution is -2.41. The molecule has 39 heavy (non-hydrogen) atoms. The van der Waals surface area contributed by atoms with Crippen molar-refractivity contribution in [3.8, 4) is 23.3 Å². The molecule has 1 fully saturated rings. The van der Waals surface area contributed by atoms with Crippen LogP contribution in [0, 0.1) is 17.1 Å². The SMILES string of the molecule is N#Cc1cc(Cl)cc(Oc2c(Cl)ccc(CNC(=O)c3cc4cc(OC[C@H]5CNCCO5)ccc4[nH]3)c2F)c1. The average molecular weight is 569 g/mol. The highest BCUT2D eigenvalue weighted by Crippen LogP contribution is 2.35. The van der Waals surface area contributed by atoms with Crippen LogP contribution in [0.1, 0.15) is 21.6 Å². The van der Waals surface area contributed by atoms with Gasteiger partial charge in [0, 0.05) is 41.1 Å². The molecule has 3 aromatic carbocycles. The summed E-state index contributed by atoms with van der Waals surface area (Å²) in [4.78, 5) is 15.9. The van der Waals surface area contributed by atoms with E-state index in [1.165, 1.54) is 30.3 Å². The third-order valence-corrected chi connectivity index (χ3v) is 6.58. The number of benzene rings is 3.